The van der Waals surface area contributed by atoms with Crippen LogP contribution >= 0.6 is 11.8 Å². The summed E-state index contributed by atoms with van der Waals surface area (Å²) in [7, 11) is 0. The fraction of sp³-hybridized carbons (Fsp3) is 0.250. The molecular weight excluding hydrogens is 403 g/mol. The zero-order valence-corrected chi connectivity index (χ0v) is 16.3. The predicted octanol–water partition coefficient (Wildman–Crippen LogP) is 5.17. The summed E-state index contributed by atoms with van der Waals surface area (Å²) < 4.78 is 44.9. The molecule has 0 atom stereocenters. The van der Waals surface area contributed by atoms with Gasteiger partial charge in [-0.05, 0) is 24.6 Å². The highest BCUT2D eigenvalue weighted by atomic mass is 32.2. The van der Waals surface area contributed by atoms with Crippen LogP contribution in [0.3, 0.4) is 0 Å². The Bertz CT molecular complexity index is 1010. The number of aromatic nitrogens is 2. The van der Waals surface area contributed by atoms with Gasteiger partial charge in [0.25, 0.3) is 0 Å². The number of benzene rings is 2. The molecule has 1 amide bonds. The lowest BCUT2D eigenvalue weighted by atomic mass is 10.2. The van der Waals surface area contributed by atoms with Crippen molar-refractivity contribution in [3.63, 3.8) is 0 Å². The lowest BCUT2D eigenvalue weighted by Gasteiger charge is -2.12. The Morgan fingerprint density at radius 2 is 1.83 bits per heavy atom. The van der Waals surface area contributed by atoms with Crippen LogP contribution in [0.4, 0.5) is 18.9 Å². The third-order valence-electron chi connectivity index (χ3n) is 3.78. The Labute approximate surface area is 169 Å². The molecule has 0 spiro atoms. The highest BCUT2D eigenvalue weighted by Crippen LogP contribution is 2.32. The summed E-state index contributed by atoms with van der Waals surface area (Å²) in [5.41, 5.74) is 0.686. The molecule has 0 fully saturated rings. The molecule has 0 bridgehead atoms. The number of alkyl halides is 3. The first-order chi connectivity index (χ1) is 13.9. The number of hydrogen-bond donors (Lipinski definition) is 1. The fourth-order valence-corrected chi connectivity index (χ4v) is 3.33. The van der Waals surface area contributed by atoms with Crippen molar-refractivity contribution in [3.8, 4) is 5.75 Å². The first-order valence-corrected chi connectivity index (χ1v) is 9.85. The minimum atomic E-state index is -4.67. The van der Waals surface area contributed by atoms with Gasteiger partial charge in [-0.1, -0.05) is 49.0 Å². The standard InChI is InChI=1S/C20H18F3N3O2S/c1-2-11-28-16-10-6-5-9-15(16)24-17(27)12-29-18-13-7-3-4-8-14(13)25-19(26-18)20(21,22)23/h3-10H,2,11-12H2,1H3,(H,24,27). The molecular formula is C20H18F3N3O2S. The number of ether oxygens (including phenoxy) is 1. The fourth-order valence-electron chi connectivity index (χ4n) is 2.51. The van der Waals surface area contributed by atoms with Crippen molar-refractivity contribution in [2.24, 2.45) is 0 Å². The molecule has 3 aromatic rings. The molecule has 0 saturated heterocycles. The summed E-state index contributed by atoms with van der Waals surface area (Å²) in [5.74, 6) is -1.17. The van der Waals surface area contributed by atoms with E-state index in [1.807, 2.05) is 6.92 Å². The van der Waals surface area contributed by atoms with Gasteiger partial charge in [-0.2, -0.15) is 13.2 Å². The number of fused-ring (bicyclic) bond motifs is 1. The second-order valence-corrected chi connectivity index (χ2v) is 7.01. The largest absolute Gasteiger partial charge is 0.491 e. The summed E-state index contributed by atoms with van der Waals surface area (Å²) in [6.45, 7) is 2.48. The summed E-state index contributed by atoms with van der Waals surface area (Å²) in [6.07, 6.45) is -3.85. The SMILES string of the molecule is CCCOc1ccccc1NC(=O)CSc1nc(C(F)(F)F)nc2ccccc12. The molecule has 1 N–H and O–H groups in total. The third kappa shape index (κ3) is 5.38. The van der Waals surface area contributed by atoms with Gasteiger partial charge in [0.15, 0.2) is 0 Å². The smallest absolute Gasteiger partial charge is 0.451 e. The van der Waals surface area contributed by atoms with Crippen LogP contribution in [0.25, 0.3) is 10.9 Å². The van der Waals surface area contributed by atoms with Crippen LogP contribution in [0.15, 0.2) is 53.6 Å². The first-order valence-electron chi connectivity index (χ1n) is 8.87. The van der Waals surface area contributed by atoms with Crippen molar-refractivity contribution in [2.45, 2.75) is 24.5 Å². The summed E-state index contributed by atoms with van der Waals surface area (Å²) in [5, 5.41) is 3.30. The Morgan fingerprint density at radius 1 is 1.10 bits per heavy atom. The van der Waals surface area contributed by atoms with E-state index < -0.39 is 12.0 Å². The summed E-state index contributed by atoms with van der Waals surface area (Å²) >= 11 is 0.927. The van der Waals surface area contributed by atoms with E-state index in [2.05, 4.69) is 15.3 Å². The molecule has 5 nitrogen and oxygen atoms in total. The van der Waals surface area contributed by atoms with Crippen molar-refractivity contribution in [1.29, 1.82) is 0 Å². The van der Waals surface area contributed by atoms with Crippen molar-refractivity contribution < 1.29 is 22.7 Å². The molecule has 0 radical (unpaired) electrons. The molecule has 0 aliphatic carbocycles. The Balaban J connectivity index is 1.76. The number of nitrogens with zero attached hydrogens (tertiary/aromatic N) is 2. The van der Waals surface area contributed by atoms with Crippen molar-refractivity contribution in [3.05, 3.63) is 54.4 Å². The molecule has 1 aromatic heterocycles. The van der Waals surface area contributed by atoms with E-state index in [4.69, 9.17) is 4.74 Å². The van der Waals surface area contributed by atoms with Gasteiger partial charge in [-0.25, -0.2) is 9.97 Å². The van der Waals surface area contributed by atoms with Gasteiger partial charge in [-0.3, -0.25) is 4.79 Å². The number of rotatable bonds is 7. The summed E-state index contributed by atoms with van der Waals surface area (Å²) in [6, 6.07) is 13.4. The maximum Gasteiger partial charge on any atom is 0.451 e. The second kappa shape index (κ2) is 9.13. The molecule has 1 heterocycles. The Kier molecular flexibility index (Phi) is 6.58. The third-order valence-corrected chi connectivity index (χ3v) is 4.78. The van der Waals surface area contributed by atoms with Gasteiger partial charge in [0.1, 0.15) is 10.8 Å². The van der Waals surface area contributed by atoms with E-state index in [0.29, 0.717) is 23.4 Å². The number of thioether (sulfide) groups is 1. The van der Waals surface area contributed by atoms with Gasteiger partial charge < -0.3 is 10.1 Å². The number of para-hydroxylation sites is 3. The zero-order chi connectivity index (χ0) is 20.9. The van der Waals surface area contributed by atoms with E-state index in [0.717, 1.165) is 18.2 Å². The monoisotopic (exact) mass is 421 g/mol. The number of nitrogens with one attached hydrogen (secondary N) is 1. The molecule has 0 unspecified atom stereocenters. The van der Waals surface area contributed by atoms with E-state index in [1.165, 1.54) is 6.07 Å². The number of carbonyl (C=O) groups excluding carboxylic acids is 1. The highest BCUT2D eigenvalue weighted by molar-refractivity contribution is 8.00. The topological polar surface area (TPSA) is 64.1 Å². The van der Waals surface area contributed by atoms with E-state index in [-0.39, 0.29) is 22.2 Å². The van der Waals surface area contributed by atoms with Gasteiger partial charge in [0.05, 0.1) is 23.6 Å². The van der Waals surface area contributed by atoms with Crippen LogP contribution in [-0.4, -0.2) is 28.2 Å². The number of carbonyl (C=O) groups is 1. The molecule has 29 heavy (non-hydrogen) atoms. The number of amides is 1. The van der Waals surface area contributed by atoms with Gasteiger partial charge in [0, 0.05) is 5.39 Å². The Morgan fingerprint density at radius 3 is 2.59 bits per heavy atom. The minimum Gasteiger partial charge on any atom is -0.491 e. The average molecular weight is 421 g/mol. The molecule has 2 aromatic carbocycles. The van der Waals surface area contributed by atoms with Crippen LogP contribution in [0.2, 0.25) is 0 Å². The average Bonchev–Trinajstić information content (AvgIpc) is 2.70. The van der Waals surface area contributed by atoms with Crippen LogP contribution < -0.4 is 10.1 Å². The molecule has 152 valence electrons. The minimum absolute atomic E-state index is 0.105. The van der Waals surface area contributed by atoms with Crippen molar-refractivity contribution in [2.75, 3.05) is 17.7 Å². The maximum atomic E-state index is 13.1. The second-order valence-electron chi connectivity index (χ2n) is 6.05. The lowest BCUT2D eigenvalue weighted by molar-refractivity contribution is -0.145. The van der Waals surface area contributed by atoms with Crippen molar-refractivity contribution in [1.82, 2.24) is 9.97 Å². The molecule has 0 saturated carbocycles. The lowest BCUT2D eigenvalue weighted by Crippen LogP contribution is -2.16. The van der Waals surface area contributed by atoms with Gasteiger partial charge >= 0.3 is 6.18 Å². The number of halogens is 3. The predicted molar refractivity (Wildman–Crippen MR) is 106 cm³/mol. The summed E-state index contributed by atoms with van der Waals surface area (Å²) in [4.78, 5) is 19.6. The van der Waals surface area contributed by atoms with Crippen LogP contribution in [0.1, 0.15) is 19.2 Å². The van der Waals surface area contributed by atoms with Crippen LogP contribution in [0.5, 0.6) is 5.75 Å². The molecule has 0 aliphatic heterocycles. The molecule has 3 rings (SSSR count). The quantitative estimate of drug-likeness (QED) is 0.421. The van der Waals surface area contributed by atoms with E-state index >= 15 is 0 Å². The normalized spacial score (nSPS) is 11.4. The molecule has 0 aliphatic rings. The Hall–Kier alpha value is -2.81. The van der Waals surface area contributed by atoms with Gasteiger partial charge in [0.2, 0.25) is 11.7 Å². The first kappa shape index (κ1) is 20.9. The van der Waals surface area contributed by atoms with Crippen LogP contribution in [0, 0.1) is 0 Å². The van der Waals surface area contributed by atoms with E-state index in [9.17, 15) is 18.0 Å². The zero-order valence-electron chi connectivity index (χ0n) is 15.5. The number of hydrogen-bond acceptors (Lipinski definition) is 5. The number of anilines is 1. The maximum absolute atomic E-state index is 13.1. The van der Waals surface area contributed by atoms with Gasteiger partial charge in [-0.15, -0.1) is 0 Å². The highest BCUT2D eigenvalue weighted by Gasteiger charge is 2.35. The van der Waals surface area contributed by atoms with Crippen LogP contribution in [-0.2, 0) is 11.0 Å². The van der Waals surface area contributed by atoms with E-state index in [1.54, 1.807) is 42.5 Å². The van der Waals surface area contributed by atoms with Crippen molar-refractivity contribution >= 4 is 34.3 Å². The molecule has 9 heteroatoms.